The molecule has 0 atom stereocenters. The molecular weight excluding hydrogens is 292 g/mol. The van der Waals surface area contributed by atoms with Crippen LogP contribution < -0.4 is 11.1 Å². The van der Waals surface area contributed by atoms with Crippen LogP contribution >= 0.6 is 0 Å². The van der Waals surface area contributed by atoms with E-state index in [2.05, 4.69) is 10.4 Å². The van der Waals surface area contributed by atoms with E-state index in [-0.39, 0.29) is 18.2 Å². The standard InChI is InChI=1S/C17H18N4O2/c1-11-8-14(10-18)23-16(11)17(22)20-13-5-3-4-12(9-13)15-6-7-19-21(15)2/h3-9H,10,18H2,1-2H3,(H,20,22). The number of hydrogen-bond donors (Lipinski definition) is 2. The predicted octanol–water partition coefficient (Wildman–Crippen LogP) is 2.70. The number of anilines is 1. The van der Waals surface area contributed by atoms with E-state index in [0.29, 0.717) is 11.4 Å². The van der Waals surface area contributed by atoms with E-state index in [1.54, 1.807) is 16.9 Å². The number of nitrogens with two attached hydrogens (primary N) is 1. The summed E-state index contributed by atoms with van der Waals surface area (Å²) in [6, 6.07) is 11.3. The number of carbonyl (C=O) groups is 1. The minimum absolute atomic E-state index is 0.268. The maximum atomic E-state index is 12.4. The van der Waals surface area contributed by atoms with Crippen LogP contribution in [0.4, 0.5) is 5.69 Å². The molecule has 3 aromatic rings. The largest absolute Gasteiger partial charge is 0.454 e. The van der Waals surface area contributed by atoms with E-state index < -0.39 is 0 Å². The Labute approximate surface area is 133 Å². The van der Waals surface area contributed by atoms with Crippen molar-refractivity contribution in [2.75, 3.05) is 5.32 Å². The molecule has 0 aliphatic rings. The van der Waals surface area contributed by atoms with Crippen LogP contribution in [0.3, 0.4) is 0 Å². The Morgan fingerprint density at radius 1 is 1.35 bits per heavy atom. The van der Waals surface area contributed by atoms with Crippen LogP contribution in [-0.4, -0.2) is 15.7 Å². The van der Waals surface area contributed by atoms with Crippen molar-refractivity contribution in [2.45, 2.75) is 13.5 Å². The molecule has 1 amide bonds. The third-order valence-electron chi connectivity index (χ3n) is 3.61. The summed E-state index contributed by atoms with van der Waals surface area (Å²) < 4.78 is 7.25. The van der Waals surface area contributed by atoms with E-state index in [4.69, 9.17) is 10.2 Å². The molecule has 6 heteroatoms. The first kappa shape index (κ1) is 15.1. The van der Waals surface area contributed by atoms with Gasteiger partial charge in [-0.1, -0.05) is 12.1 Å². The molecule has 0 spiro atoms. The van der Waals surface area contributed by atoms with Crippen LogP contribution in [0.2, 0.25) is 0 Å². The lowest BCUT2D eigenvalue weighted by Gasteiger charge is -2.07. The van der Waals surface area contributed by atoms with Crippen LogP contribution in [0.5, 0.6) is 0 Å². The number of furan rings is 1. The molecule has 23 heavy (non-hydrogen) atoms. The number of aryl methyl sites for hydroxylation is 2. The summed E-state index contributed by atoms with van der Waals surface area (Å²) in [7, 11) is 1.88. The first-order chi connectivity index (χ1) is 11.1. The van der Waals surface area contributed by atoms with Crippen LogP contribution in [0, 0.1) is 6.92 Å². The van der Waals surface area contributed by atoms with Gasteiger partial charge in [0.2, 0.25) is 0 Å². The summed E-state index contributed by atoms with van der Waals surface area (Å²) in [5.41, 5.74) is 8.95. The van der Waals surface area contributed by atoms with Gasteiger partial charge < -0.3 is 15.5 Å². The summed E-state index contributed by atoms with van der Waals surface area (Å²) in [4.78, 5) is 12.4. The lowest BCUT2D eigenvalue weighted by Crippen LogP contribution is -2.12. The molecule has 2 heterocycles. The fourth-order valence-corrected chi connectivity index (χ4v) is 2.48. The van der Waals surface area contributed by atoms with Crippen molar-refractivity contribution >= 4 is 11.6 Å². The van der Waals surface area contributed by atoms with E-state index in [0.717, 1.165) is 16.8 Å². The van der Waals surface area contributed by atoms with Gasteiger partial charge in [-0.2, -0.15) is 5.10 Å². The SMILES string of the molecule is Cc1cc(CN)oc1C(=O)Nc1cccc(-c2ccnn2C)c1. The number of aromatic nitrogens is 2. The van der Waals surface area contributed by atoms with Crippen LogP contribution in [0.15, 0.2) is 47.0 Å². The lowest BCUT2D eigenvalue weighted by molar-refractivity contribution is 0.0994. The second-order valence-electron chi connectivity index (χ2n) is 5.30. The monoisotopic (exact) mass is 310 g/mol. The number of benzene rings is 1. The molecule has 1 aromatic carbocycles. The van der Waals surface area contributed by atoms with Crippen LogP contribution in [-0.2, 0) is 13.6 Å². The maximum absolute atomic E-state index is 12.4. The molecule has 6 nitrogen and oxygen atoms in total. The Bertz CT molecular complexity index is 848. The van der Waals surface area contributed by atoms with Gasteiger partial charge in [0.1, 0.15) is 5.76 Å². The van der Waals surface area contributed by atoms with Gasteiger partial charge in [0, 0.05) is 30.1 Å². The Morgan fingerprint density at radius 2 is 2.17 bits per heavy atom. The average Bonchev–Trinajstić information content (AvgIpc) is 3.13. The fraction of sp³-hybridized carbons (Fsp3) is 0.176. The van der Waals surface area contributed by atoms with Crippen molar-refractivity contribution in [1.29, 1.82) is 0 Å². The molecule has 0 unspecified atom stereocenters. The zero-order valence-electron chi connectivity index (χ0n) is 13.0. The van der Waals surface area contributed by atoms with Crippen molar-refractivity contribution in [3.05, 3.63) is 59.7 Å². The van der Waals surface area contributed by atoms with Gasteiger partial charge in [-0.3, -0.25) is 9.48 Å². The minimum Gasteiger partial charge on any atom is -0.454 e. The maximum Gasteiger partial charge on any atom is 0.291 e. The van der Waals surface area contributed by atoms with Crippen LogP contribution in [0.1, 0.15) is 21.9 Å². The highest BCUT2D eigenvalue weighted by Crippen LogP contribution is 2.23. The summed E-state index contributed by atoms with van der Waals surface area (Å²) in [5, 5.41) is 7.01. The molecule has 118 valence electrons. The Hall–Kier alpha value is -2.86. The lowest BCUT2D eigenvalue weighted by atomic mass is 10.1. The molecule has 0 aliphatic heterocycles. The highest BCUT2D eigenvalue weighted by Gasteiger charge is 2.15. The summed E-state index contributed by atoms with van der Waals surface area (Å²) in [6.07, 6.45) is 1.74. The second kappa shape index (κ2) is 6.10. The molecule has 0 saturated heterocycles. The number of nitrogens with zero attached hydrogens (tertiary/aromatic N) is 2. The first-order valence-electron chi connectivity index (χ1n) is 7.27. The van der Waals surface area contributed by atoms with Gasteiger partial charge in [0.05, 0.1) is 12.2 Å². The molecule has 0 aliphatic carbocycles. The summed E-state index contributed by atoms with van der Waals surface area (Å²) >= 11 is 0. The van der Waals surface area contributed by atoms with Gasteiger partial charge in [-0.25, -0.2) is 0 Å². The second-order valence-corrected chi connectivity index (χ2v) is 5.30. The van der Waals surface area contributed by atoms with Gasteiger partial charge in [-0.05, 0) is 31.2 Å². The fourth-order valence-electron chi connectivity index (χ4n) is 2.48. The molecule has 0 bridgehead atoms. The van der Waals surface area contributed by atoms with Crippen molar-refractivity contribution in [1.82, 2.24) is 9.78 Å². The first-order valence-corrected chi connectivity index (χ1v) is 7.27. The normalized spacial score (nSPS) is 10.7. The van der Waals surface area contributed by atoms with Crippen molar-refractivity contribution in [3.8, 4) is 11.3 Å². The molecule has 2 aromatic heterocycles. The van der Waals surface area contributed by atoms with Crippen molar-refractivity contribution < 1.29 is 9.21 Å². The van der Waals surface area contributed by atoms with Gasteiger partial charge in [-0.15, -0.1) is 0 Å². The quantitative estimate of drug-likeness (QED) is 0.775. The number of hydrogen-bond acceptors (Lipinski definition) is 4. The van der Waals surface area contributed by atoms with Crippen molar-refractivity contribution in [3.63, 3.8) is 0 Å². The van der Waals surface area contributed by atoms with Gasteiger partial charge >= 0.3 is 0 Å². The third kappa shape index (κ3) is 3.02. The zero-order valence-corrected chi connectivity index (χ0v) is 13.0. The van der Waals surface area contributed by atoms with E-state index >= 15 is 0 Å². The summed E-state index contributed by atoms with van der Waals surface area (Å²) in [5.74, 6) is 0.594. The number of rotatable bonds is 4. The minimum atomic E-state index is -0.288. The predicted molar refractivity (Wildman–Crippen MR) is 87.9 cm³/mol. The number of nitrogens with one attached hydrogen (secondary N) is 1. The topological polar surface area (TPSA) is 86.1 Å². The number of carbonyl (C=O) groups excluding carboxylic acids is 1. The Balaban J connectivity index is 1.84. The van der Waals surface area contributed by atoms with Crippen LogP contribution in [0.25, 0.3) is 11.3 Å². The zero-order chi connectivity index (χ0) is 16.4. The van der Waals surface area contributed by atoms with E-state index in [9.17, 15) is 4.79 Å². The van der Waals surface area contributed by atoms with Crippen molar-refractivity contribution in [2.24, 2.45) is 12.8 Å². The summed E-state index contributed by atoms with van der Waals surface area (Å²) in [6.45, 7) is 2.09. The van der Waals surface area contributed by atoms with Gasteiger partial charge in [0.25, 0.3) is 5.91 Å². The third-order valence-corrected chi connectivity index (χ3v) is 3.61. The Morgan fingerprint density at radius 3 is 2.83 bits per heavy atom. The molecule has 3 rings (SSSR count). The Kier molecular flexibility index (Phi) is 3.99. The molecule has 3 N–H and O–H groups in total. The molecule has 0 saturated carbocycles. The van der Waals surface area contributed by atoms with E-state index in [1.165, 1.54) is 0 Å². The molecule has 0 radical (unpaired) electrons. The smallest absolute Gasteiger partial charge is 0.291 e. The van der Waals surface area contributed by atoms with E-state index in [1.807, 2.05) is 44.3 Å². The number of amides is 1. The van der Waals surface area contributed by atoms with Gasteiger partial charge in [0.15, 0.2) is 5.76 Å². The highest BCUT2D eigenvalue weighted by atomic mass is 16.4. The molecular formula is C17H18N4O2. The average molecular weight is 310 g/mol. The molecule has 0 fully saturated rings. The highest BCUT2D eigenvalue weighted by molar-refractivity contribution is 6.03.